The molecule has 25 heavy (non-hydrogen) atoms. The lowest BCUT2D eigenvalue weighted by Gasteiger charge is -2.05. The van der Waals surface area contributed by atoms with E-state index in [0.29, 0.717) is 0 Å². The molecule has 2 nitrogen and oxygen atoms in total. The maximum atomic E-state index is 4.91. The fourth-order valence-electron chi connectivity index (χ4n) is 2.95. The molecular formula is C21H20N2S2. The van der Waals surface area contributed by atoms with Crippen molar-refractivity contribution < 1.29 is 0 Å². The smallest absolute Gasteiger partial charge is 0.137 e. The molecule has 0 aliphatic rings. The first-order valence-electron chi connectivity index (χ1n) is 8.44. The lowest BCUT2D eigenvalue weighted by molar-refractivity contribution is 1.08. The molecule has 0 amide bonds. The van der Waals surface area contributed by atoms with E-state index in [4.69, 9.17) is 4.98 Å². The van der Waals surface area contributed by atoms with Gasteiger partial charge in [-0.15, -0.1) is 11.3 Å². The zero-order valence-corrected chi connectivity index (χ0v) is 15.8. The molecule has 3 aromatic heterocycles. The van der Waals surface area contributed by atoms with Crippen molar-refractivity contribution in [2.24, 2.45) is 0 Å². The van der Waals surface area contributed by atoms with Crippen molar-refractivity contribution in [3.63, 3.8) is 0 Å². The van der Waals surface area contributed by atoms with Crippen LogP contribution >= 0.6 is 23.1 Å². The predicted octanol–water partition coefficient (Wildman–Crippen LogP) is 5.85. The Labute approximate surface area is 156 Å². The average molecular weight is 365 g/mol. The van der Waals surface area contributed by atoms with E-state index in [0.717, 1.165) is 29.3 Å². The number of aromatic nitrogens is 2. The highest BCUT2D eigenvalue weighted by Crippen LogP contribution is 2.31. The number of pyridine rings is 1. The number of benzene rings is 1. The van der Waals surface area contributed by atoms with Gasteiger partial charge in [-0.2, -0.15) is 11.8 Å². The van der Waals surface area contributed by atoms with Gasteiger partial charge in [0.2, 0.25) is 0 Å². The quantitative estimate of drug-likeness (QED) is 0.399. The van der Waals surface area contributed by atoms with Crippen LogP contribution in [0.2, 0.25) is 0 Å². The van der Waals surface area contributed by atoms with Crippen molar-refractivity contribution in [2.45, 2.75) is 19.1 Å². The normalized spacial score (nSPS) is 11.2. The van der Waals surface area contributed by atoms with Gasteiger partial charge in [0.25, 0.3) is 0 Å². The number of aryl methyl sites for hydroxylation is 2. The summed E-state index contributed by atoms with van der Waals surface area (Å²) in [6.07, 6.45) is 3.26. The second-order valence-electron chi connectivity index (χ2n) is 6.10. The molecular weight excluding hydrogens is 344 g/mol. The fourth-order valence-corrected chi connectivity index (χ4v) is 4.68. The Balaban J connectivity index is 1.56. The summed E-state index contributed by atoms with van der Waals surface area (Å²) in [5.74, 6) is 2.09. The van der Waals surface area contributed by atoms with Crippen molar-refractivity contribution in [3.05, 3.63) is 83.0 Å². The highest BCUT2D eigenvalue weighted by Gasteiger charge is 2.14. The molecule has 0 saturated carbocycles. The Morgan fingerprint density at radius 3 is 2.76 bits per heavy atom. The molecule has 4 rings (SSSR count). The molecule has 0 N–H and O–H groups in total. The van der Waals surface area contributed by atoms with Crippen LogP contribution in [0.1, 0.15) is 16.8 Å². The Bertz CT molecular complexity index is 956. The zero-order chi connectivity index (χ0) is 17.1. The lowest BCUT2D eigenvalue weighted by atomic mass is 10.2. The topological polar surface area (TPSA) is 17.3 Å². The van der Waals surface area contributed by atoms with Crippen molar-refractivity contribution in [1.29, 1.82) is 0 Å². The number of rotatable bonds is 6. The minimum Gasteiger partial charge on any atom is -0.303 e. The van der Waals surface area contributed by atoms with Gasteiger partial charge in [-0.1, -0.05) is 36.4 Å². The van der Waals surface area contributed by atoms with Crippen LogP contribution in [0.4, 0.5) is 0 Å². The molecule has 0 fully saturated rings. The number of imidazole rings is 1. The van der Waals surface area contributed by atoms with E-state index >= 15 is 0 Å². The average Bonchev–Trinajstić information content (AvgIpc) is 3.27. The number of fused-ring (bicyclic) bond motifs is 1. The van der Waals surface area contributed by atoms with Gasteiger partial charge in [0.15, 0.2) is 0 Å². The Morgan fingerprint density at radius 2 is 1.96 bits per heavy atom. The molecule has 0 spiro atoms. The van der Waals surface area contributed by atoms with Crippen LogP contribution in [0.5, 0.6) is 0 Å². The van der Waals surface area contributed by atoms with E-state index in [9.17, 15) is 0 Å². The van der Waals surface area contributed by atoms with Crippen LogP contribution in [0.3, 0.4) is 0 Å². The fraction of sp³-hybridized carbons (Fsp3) is 0.190. The number of hydrogen-bond acceptors (Lipinski definition) is 3. The van der Waals surface area contributed by atoms with Crippen molar-refractivity contribution in [1.82, 2.24) is 9.38 Å². The third kappa shape index (κ3) is 3.65. The molecule has 3 heterocycles. The number of thiophene rings is 1. The van der Waals surface area contributed by atoms with Gasteiger partial charge in [-0.05, 0) is 53.8 Å². The summed E-state index contributed by atoms with van der Waals surface area (Å²) in [7, 11) is 0. The van der Waals surface area contributed by atoms with Crippen LogP contribution in [0.25, 0.3) is 16.2 Å². The van der Waals surface area contributed by atoms with Crippen LogP contribution in [0, 0.1) is 6.92 Å². The first-order valence-corrected chi connectivity index (χ1v) is 10.5. The molecule has 0 unspecified atom stereocenters. The number of hydrogen-bond donors (Lipinski definition) is 0. The third-order valence-electron chi connectivity index (χ3n) is 4.25. The first-order chi connectivity index (χ1) is 12.3. The van der Waals surface area contributed by atoms with Gasteiger partial charge in [0.1, 0.15) is 11.3 Å². The summed E-state index contributed by atoms with van der Waals surface area (Å²) < 4.78 is 2.25. The third-order valence-corrected chi connectivity index (χ3v) is 6.10. The SMILES string of the molecule is Cc1ccn2c(CSCCc3ccccc3)c(-c3cccs3)nc2c1. The number of thioether (sulfide) groups is 1. The second kappa shape index (κ2) is 7.46. The minimum atomic E-state index is 0.976. The second-order valence-corrected chi connectivity index (χ2v) is 8.16. The van der Waals surface area contributed by atoms with Crippen molar-refractivity contribution >= 4 is 28.7 Å². The van der Waals surface area contributed by atoms with Crippen LogP contribution in [-0.4, -0.2) is 15.1 Å². The van der Waals surface area contributed by atoms with E-state index in [1.807, 2.05) is 11.8 Å². The van der Waals surface area contributed by atoms with E-state index in [-0.39, 0.29) is 0 Å². The summed E-state index contributed by atoms with van der Waals surface area (Å²) in [4.78, 5) is 6.16. The monoisotopic (exact) mass is 364 g/mol. The Morgan fingerprint density at radius 1 is 1.08 bits per heavy atom. The molecule has 126 valence electrons. The standard InChI is InChI=1S/C21H20N2S2/c1-16-9-11-23-18(15-24-13-10-17-6-3-2-4-7-17)21(22-20(23)14-16)19-8-5-12-25-19/h2-9,11-12,14H,10,13,15H2,1H3. The van der Waals surface area contributed by atoms with Gasteiger partial charge < -0.3 is 4.40 Å². The van der Waals surface area contributed by atoms with Crippen LogP contribution < -0.4 is 0 Å². The minimum absolute atomic E-state index is 0.976. The van der Waals surface area contributed by atoms with E-state index < -0.39 is 0 Å². The summed E-state index contributed by atoms with van der Waals surface area (Å²) in [6.45, 7) is 2.12. The molecule has 0 radical (unpaired) electrons. The van der Waals surface area contributed by atoms with E-state index in [2.05, 4.69) is 77.5 Å². The van der Waals surface area contributed by atoms with Crippen molar-refractivity contribution in [3.8, 4) is 10.6 Å². The molecule has 4 heteroatoms. The zero-order valence-electron chi connectivity index (χ0n) is 14.2. The molecule has 1 aromatic carbocycles. The summed E-state index contributed by atoms with van der Waals surface area (Å²) in [5.41, 5.74) is 6.13. The maximum Gasteiger partial charge on any atom is 0.137 e. The predicted molar refractivity (Wildman–Crippen MR) is 110 cm³/mol. The summed E-state index contributed by atoms with van der Waals surface area (Å²) in [5, 5.41) is 2.12. The maximum absolute atomic E-state index is 4.91. The van der Waals surface area contributed by atoms with Gasteiger partial charge in [0, 0.05) is 11.9 Å². The van der Waals surface area contributed by atoms with Crippen molar-refractivity contribution in [2.75, 3.05) is 5.75 Å². The molecule has 0 bridgehead atoms. The lowest BCUT2D eigenvalue weighted by Crippen LogP contribution is -1.95. The molecule has 0 aliphatic heterocycles. The van der Waals surface area contributed by atoms with Crippen LogP contribution in [0.15, 0.2) is 66.2 Å². The highest BCUT2D eigenvalue weighted by atomic mass is 32.2. The largest absolute Gasteiger partial charge is 0.303 e. The summed E-state index contributed by atoms with van der Waals surface area (Å²) >= 11 is 3.74. The summed E-state index contributed by atoms with van der Waals surface area (Å²) in [6, 6.07) is 19.3. The highest BCUT2D eigenvalue weighted by molar-refractivity contribution is 7.98. The van der Waals surface area contributed by atoms with Gasteiger partial charge in [-0.25, -0.2) is 4.98 Å². The van der Waals surface area contributed by atoms with E-state index in [1.165, 1.54) is 21.7 Å². The van der Waals surface area contributed by atoms with Gasteiger partial charge >= 0.3 is 0 Å². The molecule has 4 aromatic rings. The Hall–Kier alpha value is -2.04. The molecule has 0 aliphatic carbocycles. The Kier molecular flexibility index (Phi) is 4.90. The van der Waals surface area contributed by atoms with E-state index in [1.54, 1.807) is 11.3 Å². The van der Waals surface area contributed by atoms with Gasteiger partial charge in [0.05, 0.1) is 10.6 Å². The first kappa shape index (κ1) is 16.4. The van der Waals surface area contributed by atoms with Crippen LogP contribution in [-0.2, 0) is 12.2 Å². The molecule has 0 atom stereocenters. The van der Waals surface area contributed by atoms with Gasteiger partial charge in [-0.3, -0.25) is 0 Å². The number of nitrogens with zero attached hydrogens (tertiary/aromatic N) is 2. The molecule has 0 saturated heterocycles.